The Morgan fingerprint density at radius 1 is 1.32 bits per heavy atom. The van der Waals surface area contributed by atoms with Crippen LogP contribution in [0.15, 0.2) is 42.6 Å². The van der Waals surface area contributed by atoms with Crippen LogP contribution in [0.3, 0.4) is 0 Å². The Hall–Kier alpha value is -1.88. The third-order valence-corrected chi connectivity index (χ3v) is 2.72. The Morgan fingerprint density at radius 3 is 2.68 bits per heavy atom. The van der Waals surface area contributed by atoms with E-state index in [9.17, 15) is 4.79 Å². The number of nitrogens with one attached hydrogen (secondary N) is 1. The number of halogens is 1. The van der Waals surface area contributed by atoms with E-state index in [0.717, 1.165) is 5.56 Å². The van der Waals surface area contributed by atoms with Gasteiger partial charge in [-0.2, -0.15) is 0 Å². The van der Waals surface area contributed by atoms with Crippen molar-refractivity contribution in [3.63, 3.8) is 0 Å². The molecule has 1 N–H and O–H groups in total. The lowest BCUT2D eigenvalue weighted by Crippen LogP contribution is -2.12. The maximum absolute atomic E-state index is 12.0. The topological polar surface area (TPSA) is 51.2 Å². The van der Waals surface area contributed by atoms with Crippen LogP contribution in [0.4, 0.5) is 5.82 Å². The molecule has 1 amide bonds. The number of rotatable bonds is 4. The average molecular weight is 321 g/mol. The van der Waals surface area contributed by atoms with Gasteiger partial charge in [0.1, 0.15) is 17.1 Å². The van der Waals surface area contributed by atoms with Crippen molar-refractivity contribution in [1.82, 2.24) is 4.98 Å². The number of ether oxygens (including phenoxy) is 1. The molecule has 0 fully saturated rings. The first-order valence-corrected chi connectivity index (χ1v) is 6.84. The summed E-state index contributed by atoms with van der Waals surface area (Å²) in [6, 6.07) is 10.6. The number of carbonyl (C=O) groups excluding carboxylic acids is 1. The molecule has 0 aliphatic rings. The number of anilines is 1. The summed E-state index contributed by atoms with van der Waals surface area (Å²) >= 11 is 3.17. The van der Waals surface area contributed by atoms with Crippen molar-refractivity contribution in [2.45, 2.75) is 6.92 Å². The molecule has 19 heavy (non-hydrogen) atoms. The summed E-state index contributed by atoms with van der Waals surface area (Å²) in [4.78, 5) is 16.1. The number of alkyl halides is 1. The Balaban J connectivity index is 2.07. The summed E-state index contributed by atoms with van der Waals surface area (Å²) in [5.74, 6) is 1.07. The Bertz CT molecular complexity index is 570. The maximum atomic E-state index is 12.0. The number of pyridine rings is 1. The van der Waals surface area contributed by atoms with Gasteiger partial charge in [0, 0.05) is 11.8 Å². The van der Waals surface area contributed by atoms with Crippen molar-refractivity contribution in [2.75, 3.05) is 10.8 Å². The number of benzene rings is 1. The van der Waals surface area contributed by atoms with Crippen LogP contribution in [-0.2, 0) is 0 Å². The summed E-state index contributed by atoms with van der Waals surface area (Å²) in [5.41, 5.74) is 2.03. The molecule has 1 aromatic heterocycles. The molecule has 1 heterocycles. The van der Waals surface area contributed by atoms with Crippen LogP contribution >= 0.6 is 15.9 Å². The molecule has 4 nitrogen and oxygen atoms in total. The molecule has 0 spiro atoms. The smallest absolute Gasteiger partial charge is 0.256 e. The number of hydrogen-bond acceptors (Lipinski definition) is 3. The van der Waals surface area contributed by atoms with Crippen molar-refractivity contribution in [2.24, 2.45) is 0 Å². The van der Waals surface area contributed by atoms with Crippen LogP contribution in [-0.4, -0.2) is 16.4 Å². The first-order chi connectivity index (χ1) is 9.19. The summed E-state index contributed by atoms with van der Waals surface area (Å²) in [6.07, 6.45) is 1.66. The highest BCUT2D eigenvalue weighted by atomic mass is 79.9. The minimum Gasteiger partial charge on any atom is -0.482 e. The fraction of sp³-hybridized carbons (Fsp3) is 0.143. The lowest BCUT2D eigenvalue weighted by Gasteiger charge is -2.06. The first kappa shape index (κ1) is 13.5. The normalized spacial score (nSPS) is 10.0. The van der Waals surface area contributed by atoms with Gasteiger partial charge in [-0.05, 0) is 64.8 Å². The van der Waals surface area contributed by atoms with Gasteiger partial charge < -0.3 is 10.1 Å². The lowest BCUT2D eigenvalue weighted by atomic mass is 10.2. The predicted octanol–water partition coefficient (Wildman–Crippen LogP) is 3.37. The van der Waals surface area contributed by atoms with Crippen LogP contribution in [0.25, 0.3) is 0 Å². The highest BCUT2D eigenvalue weighted by Crippen LogP contribution is 2.14. The number of aryl methyl sites for hydroxylation is 1. The van der Waals surface area contributed by atoms with Crippen LogP contribution in [0.5, 0.6) is 5.75 Å². The van der Waals surface area contributed by atoms with Gasteiger partial charge in [0.25, 0.3) is 5.91 Å². The Kier molecular flexibility index (Phi) is 4.52. The molecule has 5 heteroatoms. The third-order valence-electron chi connectivity index (χ3n) is 2.49. The molecule has 2 rings (SSSR count). The molecule has 1 aromatic carbocycles. The van der Waals surface area contributed by atoms with Gasteiger partial charge in [-0.3, -0.25) is 4.79 Å². The molecular formula is C14H13BrN2O2. The first-order valence-electron chi connectivity index (χ1n) is 5.72. The van der Waals surface area contributed by atoms with E-state index in [2.05, 4.69) is 26.2 Å². The van der Waals surface area contributed by atoms with E-state index in [-0.39, 0.29) is 5.91 Å². The standard InChI is InChI=1S/C14H13BrN2O2/c1-10-6-7-16-13(8-10)17-14(18)11-2-4-12(5-3-11)19-9-15/h2-8H,9H2,1H3,(H,16,17,18). The van der Waals surface area contributed by atoms with E-state index < -0.39 is 0 Å². The highest BCUT2D eigenvalue weighted by molar-refractivity contribution is 9.09. The van der Waals surface area contributed by atoms with Crippen LogP contribution < -0.4 is 10.1 Å². The van der Waals surface area contributed by atoms with Crippen molar-refractivity contribution in [3.05, 3.63) is 53.7 Å². The van der Waals surface area contributed by atoms with Crippen LogP contribution in [0.1, 0.15) is 15.9 Å². The largest absolute Gasteiger partial charge is 0.482 e. The van der Waals surface area contributed by atoms with E-state index in [1.807, 2.05) is 19.1 Å². The van der Waals surface area contributed by atoms with Crippen LogP contribution in [0, 0.1) is 6.92 Å². The Labute approximate surface area is 119 Å². The SMILES string of the molecule is Cc1ccnc(NC(=O)c2ccc(OCBr)cc2)c1. The van der Waals surface area contributed by atoms with Gasteiger partial charge in [0.15, 0.2) is 0 Å². The zero-order valence-corrected chi connectivity index (χ0v) is 12.0. The van der Waals surface area contributed by atoms with Gasteiger partial charge in [-0.1, -0.05) is 0 Å². The third kappa shape index (κ3) is 3.79. The van der Waals surface area contributed by atoms with Crippen molar-refractivity contribution >= 4 is 27.7 Å². The quantitative estimate of drug-likeness (QED) is 0.879. The minimum atomic E-state index is -0.191. The zero-order valence-electron chi connectivity index (χ0n) is 10.4. The molecule has 0 atom stereocenters. The molecule has 98 valence electrons. The molecule has 0 aliphatic carbocycles. The van der Waals surface area contributed by atoms with E-state index in [1.54, 1.807) is 30.5 Å². The monoisotopic (exact) mass is 320 g/mol. The Morgan fingerprint density at radius 2 is 2.05 bits per heavy atom. The highest BCUT2D eigenvalue weighted by Gasteiger charge is 2.06. The summed E-state index contributed by atoms with van der Waals surface area (Å²) in [6.45, 7) is 1.95. The van der Waals surface area contributed by atoms with Gasteiger partial charge in [-0.25, -0.2) is 4.98 Å². The average Bonchev–Trinajstić information content (AvgIpc) is 2.40. The molecule has 0 saturated heterocycles. The predicted molar refractivity (Wildman–Crippen MR) is 77.8 cm³/mol. The van der Waals surface area contributed by atoms with E-state index in [4.69, 9.17) is 4.74 Å². The molecule has 0 aliphatic heterocycles. The molecule has 0 bridgehead atoms. The van der Waals surface area contributed by atoms with Crippen LogP contribution in [0.2, 0.25) is 0 Å². The molecule has 2 aromatic rings. The summed E-state index contributed by atoms with van der Waals surface area (Å²) in [7, 11) is 0. The van der Waals surface area contributed by atoms with Gasteiger partial charge in [-0.15, -0.1) is 0 Å². The minimum absolute atomic E-state index is 0.191. The second-order valence-electron chi connectivity index (χ2n) is 3.95. The van der Waals surface area contributed by atoms with E-state index in [0.29, 0.717) is 22.6 Å². The number of carbonyl (C=O) groups is 1. The molecule has 0 radical (unpaired) electrons. The van der Waals surface area contributed by atoms with Gasteiger partial charge in [0.05, 0.1) is 0 Å². The van der Waals surface area contributed by atoms with Gasteiger partial charge in [0.2, 0.25) is 0 Å². The summed E-state index contributed by atoms with van der Waals surface area (Å²) in [5, 5.41) is 2.75. The fourth-order valence-corrected chi connectivity index (χ4v) is 1.82. The number of hydrogen-bond donors (Lipinski definition) is 1. The van der Waals surface area contributed by atoms with Crippen molar-refractivity contribution in [1.29, 1.82) is 0 Å². The number of amides is 1. The zero-order chi connectivity index (χ0) is 13.7. The molecule has 0 saturated carbocycles. The second-order valence-corrected chi connectivity index (χ2v) is 4.41. The van der Waals surface area contributed by atoms with Gasteiger partial charge >= 0.3 is 0 Å². The second kappa shape index (κ2) is 6.33. The van der Waals surface area contributed by atoms with E-state index >= 15 is 0 Å². The molecule has 0 unspecified atom stereocenters. The van der Waals surface area contributed by atoms with Crippen molar-refractivity contribution < 1.29 is 9.53 Å². The molecular weight excluding hydrogens is 308 g/mol. The fourth-order valence-electron chi connectivity index (χ4n) is 1.56. The van der Waals surface area contributed by atoms with E-state index in [1.165, 1.54) is 0 Å². The number of aromatic nitrogens is 1. The maximum Gasteiger partial charge on any atom is 0.256 e. The number of nitrogens with zero attached hydrogens (tertiary/aromatic N) is 1. The van der Waals surface area contributed by atoms with Crippen molar-refractivity contribution in [3.8, 4) is 5.75 Å². The lowest BCUT2D eigenvalue weighted by molar-refractivity contribution is 0.102. The summed E-state index contributed by atoms with van der Waals surface area (Å²) < 4.78 is 5.25.